The highest BCUT2D eigenvalue weighted by Crippen LogP contribution is 2.20. The molecule has 1 amide bonds. The molecule has 1 unspecified atom stereocenters. The molecule has 0 spiro atoms. The Morgan fingerprint density at radius 2 is 2.29 bits per heavy atom. The zero-order valence-corrected chi connectivity index (χ0v) is 14.4. The number of benzene rings is 1. The summed E-state index contributed by atoms with van der Waals surface area (Å²) in [4.78, 5) is 25.1. The standard InChI is InChI=1S/C17H20ClN3O3/c1-2-24-17(23)13-4-3-7-21(10-13)11-16(22)20-14-6-5-12(9-19)15(18)8-14/h5-6,8,13H,2-4,7,10-11H2,1H3,(H,20,22)/p+1/t13-/m0/s1. The maximum Gasteiger partial charge on any atom is 0.314 e. The zero-order valence-electron chi connectivity index (χ0n) is 13.6. The summed E-state index contributed by atoms with van der Waals surface area (Å²) in [5.41, 5.74) is 0.927. The lowest BCUT2D eigenvalue weighted by Crippen LogP contribution is -3.14. The van der Waals surface area contributed by atoms with Crippen molar-refractivity contribution in [3.8, 4) is 6.07 Å². The number of likely N-dealkylation sites (tertiary alicyclic amines) is 1. The maximum atomic E-state index is 12.2. The van der Waals surface area contributed by atoms with Crippen LogP contribution in [0, 0.1) is 17.2 Å². The molecular formula is C17H21ClN3O3+. The minimum absolute atomic E-state index is 0.133. The Morgan fingerprint density at radius 1 is 1.50 bits per heavy atom. The number of carbonyl (C=O) groups is 2. The first kappa shape index (κ1) is 18.2. The molecule has 0 aromatic heterocycles. The lowest BCUT2D eigenvalue weighted by molar-refractivity contribution is -0.899. The first-order valence-electron chi connectivity index (χ1n) is 8.03. The SMILES string of the molecule is CCOC(=O)[C@H]1CCC[NH+](CC(=O)Nc2ccc(C#N)c(Cl)c2)C1. The van der Waals surface area contributed by atoms with E-state index < -0.39 is 0 Å². The molecule has 1 fully saturated rings. The summed E-state index contributed by atoms with van der Waals surface area (Å²) in [6.45, 7) is 3.93. The van der Waals surface area contributed by atoms with Crippen molar-refractivity contribution in [3.05, 3.63) is 28.8 Å². The molecule has 0 radical (unpaired) electrons. The van der Waals surface area contributed by atoms with Gasteiger partial charge in [-0.2, -0.15) is 5.26 Å². The van der Waals surface area contributed by atoms with Gasteiger partial charge < -0.3 is 15.0 Å². The van der Waals surface area contributed by atoms with Crippen LogP contribution >= 0.6 is 11.6 Å². The molecule has 1 aliphatic heterocycles. The van der Waals surface area contributed by atoms with E-state index in [4.69, 9.17) is 21.6 Å². The van der Waals surface area contributed by atoms with Gasteiger partial charge >= 0.3 is 5.97 Å². The number of amides is 1. The minimum Gasteiger partial charge on any atom is -0.466 e. The van der Waals surface area contributed by atoms with Crippen LogP contribution in [0.1, 0.15) is 25.3 Å². The van der Waals surface area contributed by atoms with Crippen LogP contribution in [0.5, 0.6) is 0 Å². The number of esters is 1. The molecule has 1 aromatic rings. The van der Waals surface area contributed by atoms with E-state index in [9.17, 15) is 9.59 Å². The normalized spacial score (nSPS) is 20.0. The van der Waals surface area contributed by atoms with Gasteiger partial charge in [-0.05, 0) is 38.0 Å². The van der Waals surface area contributed by atoms with E-state index in [1.807, 2.05) is 6.07 Å². The molecule has 128 valence electrons. The molecule has 0 bridgehead atoms. The topological polar surface area (TPSA) is 83.6 Å². The molecule has 2 atom stereocenters. The molecule has 0 saturated carbocycles. The van der Waals surface area contributed by atoms with Crippen molar-refractivity contribution in [2.45, 2.75) is 19.8 Å². The Bertz CT molecular complexity index is 657. The average Bonchev–Trinajstić information content (AvgIpc) is 2.55. The number of halogens is 1. The van der Waals surface area contributed by atoms with Gasteiger partial charge in [-0.1, -0.05) is 11.6 Å². The predicted molar refractivity (Wildman–Crippen MR) is 89.7 cm³/mol. The van der Waals surface area contributed by atoms with Gasteiger partial charge in [0.05, 0.1) is 30.3 Å². The van der Waals surface area contributed by atoms with E-state index in [2.05, 4.69) is 5.32 Å². The van der Waals surface area contributed by atoms with Crippen molar-refractivity contribution in [2.75, 3.05) is 31.6 Å². The van der Waals surface area contributed by atoms with Crippen LogP contribution in [0.3, 0.4) is 0 Å². The van der Waals surface area contributed by atoms with Crippen LogP contribution in [0.15, 0.2) is 18.2 Å². The quantitative estimate of drug-likeness (QED) is 0.776. The summed E-state index contributed by atoms with van der Waals surface area (Å²) >= 11 is 5.96. The monoisotopic (exact) mass is 350 g/mol. The number of piperidine rings is 1. The van der Waals surface area contributed by atoms with Crippen molar-refractivity contribution in [1.29, 1.82) is 5.26 Å². The van der Waals surface area contributed by atoms with E-state index in [1.54, 1.807) is 25.1 Å². The maximum absolute atomic E-state index is 12.2. The summed E-state index contributed by atoms with van der Waals surface area (Å²) in [6.07, 6.45) is 1.71. The second kappa shape index (κ2) is 8.67. The van der Waals surface area contributed by atoms with Crippen LogP contribution in [-0.4, -0.2) is 38.1 Å². The number of ether oxygens (including phenoxy) is 1. The molecule has 1 saturated heterocycles. The molecule has 2 N–H and O–H groups in total. The van der Waals surface area contributed by atoms with Crippen LogP contribution in [-0.2, 0) is 14.3 Å². The van der Waals surface area contributed by atoms with E-state index >= 15 is 0 Å². The highest BCUT2D eigenvalue weighted by Gasteiger charge is 2.30. The second-order valence-corrected chi connectivity index (χ2v) is 6.23. The number of hydrogen-bond donors (Lipinski definition) is 2. The van der Waals surface area contributed by atoms with Gasteiger partial charge in [0.25, 0.3) is 5.91 Å². The zero-order chi connectivity index (χ0) is 17.5. The number of nitrogens with one attached hydrogen (secondary N) is 2. The lowest BCUT2D eigenvalue weighted by atomic mass is 9.98. The van der Waals surface area contributed by atoms with Crippen molar-refractivity contribution in [3.63, 3.8) is 0 Å². The van der Waals surface area contributed by atoms with Crippen molar-refractivity contribution >= 4 is 29.2 Å². The fourth-order valence-electron chi connectivity index (χ4n) is 2.89. The van der Waals surface area contributed by atoms with Gasteiger partial charge in [0.2, 0.25) is 0 Å². The third-order valence-electron chi connectivity index (χ3n) is 4.02. The van der Waals surface area contributed by atoms with Gasteiger partial charge in [-0.15, -0.1) is 0 Å². The third-order valence-corrected chi connectivity index (χ3v) is 4.33. The molecule has 7 heteroatoms. The Morgan fingerprint density at radius 3 is 2.96 bits per heavy atom. The fraction of sp³-hybridized carbons (Fsp3) is 0.471. The molecule has 2 rings (SSSR count). The summed E-state index contributed by atoms with van der Waals surface area (Å²) < 4.78 is 5.07. The van der Waals surface area contributed by atoms with Crippen molar-refractivity contribution in [1.82, 2.24) is 0 Å². The smallest absolute Gasteiger partial charge is 0.314 e. The Labute approximate surface area is 146 Å². The predicted octanol–water partition coefficient (Wildman–Crippen LogP) is 1.01. The number of anilines is 1. The van der Waals surface area contributed by atoms with Crippen LogP contribution in [0.4, 0.5) is 5.69 Å². The number of carbonyl (C=O) groups excluding carboxylic acids is 2. The van der Waals surface area contributed by atoms with Gasteiger partial charge in [0.1, 0.15) is 12.0 Å². The average molecular weight is 351 g/mol. The van der Waals surface area contributed by atoms with Crippen molar-refractivity contribution < 1.29 is 19.2 Å². The molecule has 6 nitrogen and oxygen atoms in total. The molecule has 1 aliphatic rings. The molecule has 1 heterocycles. The highest BCUT2D eigenvalue weighted by atomic mass is 35.5. The number of quaternary nitrogens is 1. The first-order chi connectivity index (χ1) is 11.5. The van der Waals surface area contributed by atoms with Gasteiger partial charge in [0.15, 0.2) is 6.54 Å². The van der Waals surface area contributed by atoms with Gasteiger partial charge in [-0.3, -0.25) is 9.59 Å². The van der Waals surface area contributed by atoms with E-state index in [0.29, 0.717) is 29.4 Å². The largest absolute Gasteiger partial charge is 0.466 e. The van der Waals surface area contributed by atoms with Crippen LogP contribution < -0.4 is 10.2 Å². The lowest BCUT2D eigenvalue weighted by Gasteiger charge is -2.28. The van der Waals surface area contributed by atoms with Crippen LogP contribution in [0.2, 0.25) is 5.02 Å². The summed E-state index contributed by atoms with van der Waals surface area (Å²) in [5, 5.41) is 11.9. The minimum atomic E-state index is -0.172. The number of rotatable bonds is 5. The number of hydrogen-bond acceptors (Lipinski definition) is 4. The highest BCUT2D eigenvalue weighted by molar-refractivity contribution is 6.32. The molecule has 24 heavy (non-hydrogen) atoms. The summed E-state index contributed by atoms with van der Waals surface area (Å²) in [6, 6.07) is 6.76. The van der Waals surface area contributed by atoms with E-state index in [1.165, 1.54) is 0 Å². The van der Waals surface area contributed by atoms with E-state index in [0.717, 1.165) is 24.3 Å². The Balaban J connectivity index is 1.89. The van der Waals surface area contributed by atoms with Gasteiger partial charge in [0, 0.05) is 5.69 Å². The molecule has 0 aliphatic carbocycles. The number of nitrogens with zero attached hydrogens (tertiary/aromatic N) is 1. The Hall–Kier alpha value is -2.10. The second-order valence-electron chi connectivity index (χ2n) is 5.83. The van der Waals surface area contributed by atoms with Crippen molar-refractivity contribution in [2.24, 2.45) is 5.92 Å². The summed E-state index contributed by atoms with van der Waals surface area (Å²) in [5.74, 6) is -0.449. The first-order valence-corrected chi connectivity index (χ1v) is 8.41. The Kier molecular flexibility index (Phi) is 6.59. The fourth-order valence-corrected chi connectivity index (χ4v) is 3.11. The van der Waals surface area contributed by atoms with Gasteiger partial charge in [-0.25, -0.2) is 0 Å². The van der Waals surface area contributed by atoms with E-state index in [-0.39, 0.29) is 24.3 Å². The number of nitriles is 1. The molecule has 1 aromatic carbocycles. The third kappa shape index (κ3) is 4.95. The van der Waals surface area contributed by atoms with Crippen LogP contribution in [0.25, 0.3) is 0 Å². The molecular weight excluding hydrogens is 330 g/mol. The summed E-state index contributed by atoms with van der Waals surface area (Å²) in [7, 11) is 0.